The van der Waals surface area contributed by atoms with E-state index in [1.165, 1.54) is 0 Å². The number of hydrogen-bond acceptors (Lipinski definition) is 2. The lowest BCUT2D eigenvalue weighted by molar-refractivity contribution is -0.150. The van der Waals surface area contributed by atoms with Crippen LogP contribution in [0.5, 0.6) is 0 Å². The van der Waals surface area contributed by atoms with Crippen molar-refractivity contribution in [3.05, 3.63) is 0 Å². The van der Waals surface area contributed by atoms with Gasteiger partial charge < -0.3 is 10.0 Å². The number of nitrogens with zero attached hydrogens (tertiary/aromatic N) is 1. The highest BCUT2D eigenvalue weighted by molar-refractivity contribution is 5.86. The third-order valence-electron chi connectivity index (χ3n) is 3.25. The number of likely N-dealkylation sites (tertiary alicyclic amines) is 1. The molecule has 2 rings (SSSR count). The Bertz CT molecular complexity index is 273. The topological polar surface area (TPSA) is 57.6 Å². The number of amides is 1. The van der Waals surface area contributed by atoms with Crippen molar-refractivity contribution in [2.45, 2.75) is 44.6 Å². The zero-order valence-electron chi connectivity index (χ0n) is 8.82. The fraction of sp³-hybridized carbons (Fsp3) is 0.818. The molecule has 0 aromatic heterocycles. The zero-order valence-corrected chi connectivity index (χ0v) is 8.82. The van der Waals surface area contributed by atoms with Crippen molar-refractivity contribution < 1.29 is 14.7 Å². The number of hydrogen-bond donors (Lipinski definition) is 1. The summed E-state index contributed by atoms with van der Waals surface area (Å²) in [5.41, 5.74) is 0. The van der Waals surface area contributed by atoms with Gasteiger partial charge in [0.25, 0.3) is 0 Å². The Labute approximate surface area is 89.3 Å². The first kappa shape index (κ1) is 10.5. The Morgan fingerprint density at radius 3 is 2.40 bits per heavy atom. The van der Waals surface area contributed by atoms with Gasteiger partial charge in [-0.1, -0.05) is 12.8 Å². The lowest BCUT2D eigenvalue weighted by Crippen LogP contribution is -2.45. The minimum Gasteiger partial charge on any atom is -0.480 e. The van der Waals surface area contributed by atoms with E-state index in [1.54, 1.807) is 4.90 Å². The largest absolute Gasteiger partial charge is 0.480 e. The van der Waals surface area contributed by atoms with E-state index in [1.807, 2.05) is 0 Å². The van der Waals surface area contributed by atoms with E-state index in [2.05, 4.69) is 0 Å². The minimum absolute atomic E-state index is 0.0734. The quantitative estimate of drug-likeness (QED) is 0.748. The first-order valence-corrected chi connectivity index (χ1v) is 5.73. The van der Waals surface area contributed by atoms with Crippen molar-refractivity contribution in [2.75, 3.05) is 6.54 Å². The van der Waals surface area contributed by atoms with Crippen molar-refractivity contribution in [3.63, 3.8) is 0 Å². The van der Waals surface area contributed by atoms with E-state index in [0.717, 1.165) is 32.1 Å². The van der Waals surface area contributed by atoms with Gasteiger partial charge >= 0.3 is 5.97 Å². The van der Waals surface area contributed by atoms with Gasteiger partial charge in [0.05, 0.1) is 0 Å². The first-order valence-electron chi connectivity index (χ1n) is 5.73. The summed E-state index contributed by atoms with van der Waals surface area (Å²) >= 11 is 0. The van der Waals surface area contributed by atoms with Crippen molar-refractivity contribution in [3.8, 4) is 0 Å². The van der Waals surface area contributed by atoms with Crippen LogP contribution in [0.2, 0.25) is 0 Å². The van der Waals surface area contributed by atoms with Crippen LogP contribution in [0.15, 0.2) is 0 Å². The smallest absolute Gasteiger partial charge is 0.326 e. The normalized spacial score (nSPS) is 27.2. The third-order valence-corrected chi connectivity index (χ3v) is 3.25. The molecule has 1 unspecified atom stereocenters. The maximum Gasteiger partial charge on any atom is 0.326 e. The van der Waals surface area contributed by atoms with E-state index >= 15 is 0 Å². The van der Waals surface area contributed by atoms with Crippen LogP contribution in [0.3, 0.4) is 0 Å². The Morgan fingerprint density at radius 1 is 1.07 bits per heavy atom. The van der Waals surface area contributed by atoms with Crippen molar-refractivity contribution >= 4 is 11.9 Å². The summed E-state index contributed by atoms with van der Waals surface area (Å²) in [6.07, 6.45) is 5.42. The van der Waals surface area contributed by atoms with Gasteiger partial charge in [0.1, 0.15) is 6.04 Å². The molecular weight excluding hydrogens is 194 g/mol. The van der Waals surface area contributed by atoms with Crippen molar-refractivity contribution in [1.82, 2.24) is 4.90 Å². The Balaban J connectivity index is 2.08. The molecule has 1 saturated carbocycles. The van der Waals surface area contributed by atoms with Gasteiger partial charge in [-0.3, -0.25) is 4.79 Å². The van der Waals surface area contributed by atoms with Crippen LogP contribution in [0.25, 0.3) is 0 Å². The van der Waals surface area contributed by atoms with Crippen LogP contribution in [0, 0.1) is 5.92 Å². The summed E-state index contributed by atoms with van der Waals surface area (Å²) in [5, 5.41) is 9.09. The Kier molecular flexibility index (Phi) is 2.93. The third kappa shape index (κ3) is 2.30. The molecule has 4 nitrogen and oxygen atoms in total. The molecule has 4 heteroatoms. The van der Waals surface area contributed by atoms with Crippen LogP contribution in [-0.2, 0) is 9.59 Å². The van der Waals surface area contributed by atoms with Gasteiger partial charge in [0.2, 0.25) is 5.91 Å². The maximum absolute atomic E-state index is 11.9. The molecule has 1 heterocycles. The fourth-order valence-electron chi connectivity index (χ4n) is 2.19. The Morgan fingerprint density at radius 2 is 1.80 bits per heavy atom. The first-order chi connectivity index (χ1) is 7.20. The number of carbonyl (C=O) groups is 2. The summed E-state index contributed by atoms with van der Waals surface area (Å²) in [6, 6.07) is -0.569. The summed E-state index contributed by atoms with van der Waals surface area (Å²) in [5.74, 6) is -0.639. The molecule has 1 N–H and O–H groups in total. The van der Waals surface area contributed by atoms with Crippen molar-refractivity contribution in [1.29, 1.82) is 0 Å². The molecule has 2 aliphatic rings. The zero-order chi connectivity index (χ0) is 10.8. The molecule has 1 aliphatic carbocycles. The number of carboxylic acid groups (broad SMARTS) is 1. The van der Waals surface area contributed by atoms with E-state index in [-0.39, 0.29) is 11.8 Å². The molecule has 0 spiro atoms. The maximum atomic E-state index is 11.9. The molecule has 1 atom stereocenters. The van der Waals surface area contributed by atoms with Gasteiger partial charge in [-0.05, 0) is 25.7 Å². The van der Waals surface area contributed by atoms with E-state index in [4.69, 9.17) is 5.11 Å². The molecule has 1 saturated heterocycles. The van der Waals surface area contributed by atoms with E-state index in [0.29, 0.717) is 13.0 Å². The lowest BCUT2D eigenvalue weighted by atomic mass is 10.1. The molecule has 2 fully saturated rings. The lowest BCUT2D eigenvalue weighted by Gasteiger charge is -2.26. The second kappa shape index (κ2) is 4.21. The summed E-state index contributed by atoms with van der Waals surface area (Å²) in [6.45, 7) is 0.631. The minimum atomic E-state index is -0.842. The molecule has 1 amide bonds. The highest BCUT2D eigenvalue weighted by Gasteiger charge is 2.38. The van der Waals surface area contributed by atoms with Crippen LogP contribution < -0.4 is 0 Å². The van der Waals surface area contributed by atoms with Crippen molar-refractivity contribution in [2.24, 2.45) is 5.92 Å². The predicted molar refractivity (Wildman–Crippen MR) is 54.3 cm³/mol. The number of carbonyl (C=O) groups excluding carboxylic acids is 1. The van der Waals surface area contributed by atoms with Crippen LogP contribution in [0.4, 0.5) is 0 Å². The molecule has 0 aromatic rings. The summed E-state index contributed by atoms with van der Waals surface area (Å²) in [7, 11) is 0. The molecule has 84 valence electrons. The Hall–Kier alpha value is -1.06. The molecular formula is C11H17NO3. The molecule has 0 aromatic carbocycles. The van der Waals surface area contributed by atoms with Gasteiger partial charge in [0.15, 0.2) is 0 Å². The molecule has 0 radical (unpaired) electrons. The molecule has 1 aliphatic heterocycles. The second-order valence-corrected chi connectivity index (χ2v) is 4.51. The number of rotatable bonds is 2. The highest BCUT2D eigenvalue weighted by Crippen LogP contribution is 2.33. The van der Waals surface area contributed by atoms with Crippen LogP contribution in [-0.4, -0.2) is 34.5 Å². The van der Waals surface area contributed by atoms with E-state index < -0.39 is 12.0 Å². The molecule has 15 heavy (non-hydrogen) atoms. The standard InChI is InChI=1S/C11H17NO3/c13-10(8-5-6-8)12-7-3-1-2-4-9(12)11(14)15/h8-9H,1-7H2,(H,14,15). The van der Waals surface area contributed by atoms with E-state index in [9.17, 15) is 9.59 Å². The highest BCUT2D eigenvalue weighted by atomic mass is 16.4. The predicted octanol–water partition coefficient (Wildman–Crippen LogP) is 1.25. The average molecular weight is 211 g/mol. The summed E-state index contributed by atoms with van der Waals surface area (Å²) in [4.78, 5) is 24.6. The second-order valence-electron chi connectivity index (χ2n) is 4.51. The van der Waals surface area contributed by atoms with Crippen LogP contribution >= 0.6 is 0 Å². The summed E-state index contributed by atoms with van der Waals surface area (Å²) < 4.78 is 0. The molecule has 0 bridgehead atoms. The van der Waals surface area contributed by atoms with Gasteiger partial charge in [-0.2, -0.15) is 0 Å². The average Bonchev–Trinajstić information content (AvgIpc) is 3.03. The number of aliphatic carboxylic acids is 1. The van der Waals surface area contributed by atoms with Gasteiger partial charge in [-0.15, -0.1) is 0 Å². The monoisotopic (exact) mass is 211 g/mol. The SMILES string of the molecule is O=C(O)C1CCCCCN1C(=O)C1CC1. The van der Waals surface area contributed by atoms with Crippen LogP contribution in [0.1, 0.15) is 38.5 Å². The van der Waals surface area contributed by atoms with Gasteiger partial charge in [0, 0.05) is 12.5 Å². The fourth-order valence-corrected chi connectivity index (χ4v) is 2.19. The van der Waals surface area contributed by atoms with Gasteiger partial charge in [-0.25, -0.2) is 4.79 Å². The number of carboxylic acids is 1.